The Kier molecular flexibility index (Phi) is 0.926. The minimum Gasteiger partial charge on any atom is -0.364 e. The standard InChI is InChI=1S/C5H7O/c1-5-3-2-4-6-5/h2-3H,4H2,1H3. The molecule has 1 radical (unpaired) electrons. The van der Waals surface area contributed by atoms with Gasteiger partial charge in [0.1, 0.15) is 6.10 Å². The predicted molar refractivity (Wildman–Crippen MR) is 24.0 cm³/mol. The van der Waals surface area contributed by atoms with Crippen LogP contribution in [0.1, 0.15) is 6.92 Å². The molecule has 33 valence electrons. The quantitative estimate of drug-likeness (QED) is 0.426. The molecule has 1 aliphatic rings. The van der Waals surface area contributed by atoms with Gasteiger partial charge in [0.25, 0.3) is 0 Å². The van der Waals surface area contributed by atoms with E-state index in [1.807, 2.05) is 19.1 Å². The molecule has 0 aromatic heterocycles. The second-order valence-corrected chi connectivity index (χ2v) is 1.32. The van der Waals surface area contributed by atoms with Crippen molar-refractivity contribution in [1.29, 1.82) is 0 Å². The van der Waals surface area contributed by atoms with E-state index in [4.69, 9.17) is 4.74 Å². The van der Waals surface area contributed by atoms with E-state index < -0.39 is 0 Å². The van der Waals surface area contributed by atoms with Crippen LogP contribution >= 0.6 is 0 Å². The van der Waals surface area contributed by atoms with Crippen LogP contribution in [0.3, 0.4) is 0 Å². The third-order valence-electron chi connectivity index (χ3n) is 0.760. The van der Waals surface area contributed by atoms with E-state index in [1.54, 1.807) is 0 Å². The van der Waals surface area contributed by atoms with Gasteiger partial charge in [-0.2, -0.15) is 0 Å². The zero-order valence-corrected chi connectivity index (χ0v) is 3.77. The zero-order valence-electron chi connectivity index (χ0n) is 3.77. The molecule has 0 fully saturated rings. The molecule has 0 aromatic carbocycles. The lowest BCUT2D eigenvalue weighted by molar-refractivity contribution is 0.220. The Bertz CT molecular complexity index is 66.3. The zero-order chi connectivity index (χ0) is 4.41. The van der Waals surface area contributed by atoms with Crippen molar-refractivity contribution >= 4 is 0 Å². The average Bonchev–Trinajstić information content (AvgIpc) is 1.86. The first-order valence-electron chi connectivity index (χ1n) is 2.02. The Labute approximate surface area is 37.6 Å². The van der Waals surface area contributed by atoms with Gasteiger partial charge in [0, 0.05) is 0 Å². The third kappa shape index (κ3) is 0.601. The first-order valence-corrected chi connectivity index (χ1v) is 2.02. The SMILES string of the molecule is C[C]1C=CCO1. The van der Waals surface area contributed by atoms with E-state index in [2.05, 4.69) is 0 Å². The highest BCUT2D eigenvalue weighted by Gasteiger charge is 1.99. The minimum atomic E-state index is 0.770. The second kappa shape index (κ2) is 1.43. The van der Waals surface area contributed by atoms with E-state index in [9.17, 15) is 0 Å². The summed E-state index contributed by atoms with van der Waals surface area (Å²) < 4.78 is 4.96. The van der Waals surface area contributed by atoms with Crippen molar-refractivity contribution in [3.05, 3.63) is 18.3 Å². The summed E-state index contributed by atoms with van der Waals surface area (Å²) in [4.78, 5) is 0. The maximum atomic E-state index is 4.96. The Morgan fingerprint density at radius 1 is 1.83 bits per heavy atom. The lowest BCUT2D eigenvalue weighted by Crippen LogP contribution is -1.83. The average molecular weight is 83.1 g/mol. The van der Waals surface area contributed by atoms with Gasteiger partial charge in [-0.15, -0.1) is 0 Å². The molecular formula is C5H7O. The fraction of sp³-hybridized carbons (Fsp3) is 0.400. The van der Waals surface area contributed by atoms with E-state index in [1.165, 1.54) is 0 Å². The number of ether oxygens (including phenoxy) is 1. The third-order valence-corrected chi connectivity index (χ3v) is 0.760. The van der Waals surface area contributed by atoms with Gasteiger partial charge in [0.05, 0.1) is 6.61 Å². The molecule has 1 nitrogen and oxygen atoms in total. The highest BCUT2D eigenvalue weighted by molar-refractivity contribution is 5.05. The van der Waals surface area contributed by atoms with E-state index >= 15 is 0 Å². The summed E-state index contributed by atoms with van der Waals surface area (Å²) in [5.74, 6) is 0. The number of hydrogen-bond acceptors (Lipinski definition) is 1. The number of rotatable bonds is 0. The van der Waals surface area contributed by atoms with Gasteiger partial charge in [-0.1, -0.05) is 12.2 Å². The predicted octanol–water partition coefficient (Wildman–Crippen LogP) is 1.12. The second-order valence-electron chi connectivity index (χ2n) is 1.32. The smallest absolute Gasteiger partial charge is 0.116 e. The first kappa shape index (κ1) is 3.88. The van der Waals surface area contributed by atoms with Crippen LogP contribution in [0, 0.1) is 6.10 Å². The molecule has 0 aliphatic carbocycles. The molecule has 0 saturated carbocycles. The van der Waals surface area contributed by atoms with Crippen molar-refractivity contribution in [2.45, 2.75) is 6.92 Å². The molecule has 1 rings (SSSR count). The summed E-state index contributed by atoms with van der Waals surface area (Å²) in [5.41, 5.74) is 0. The van der Waals surface area contributed by atoms with Crippen molar-refractivity contribution in [3.8, 4) is 0 Å². The van der Waals surface area contributed by atoms with Crippen molar-refractivity contribution in [2.75, 3.05) is 6.61 Å². The Hall–Kier alpha value is -0.300. The van der Waals surface area contributed by atoms with E-state index in [0.717, 1.165) is 12.7 Å². The van der Waals surface area contributed by atoms with Crippen molar-refractivity contribution < 1.29 is 4.74 Å². The van der Waals surface area contributed by atoms with Gasteiger partial charge in [0.2, 0.25) is 0 Å². The lowest BCUT2D eigenvalue weighted by atomic mass is 10.4. The molecule has 0 amide bonds. The molecule has 1 heterocycles. The minimum absolute atomic E-state index is 0.770. The van der Waals surface area contributed by atoms with Crippen LogP contribution in [0.2, 0.25) is 0 Å². The van der Waals surface area contributed by atoms with Crippen molar-refractivity contribution in [3.63, 3.8) is 0 Å². The van der Waals surface area contributed by atoms with Crippen molar-refractivity contribution in [1.82, 2.24) is 0 Å². The molecule has 0 atom stereocenters. The molecule has 0 aromatic rings. The Morgan fingerprint density at radius 3 is 2.83 bits per heavy atom. The van der Waals surface area contributed by atoms with Gasteiger partial charge in [-0.05, 0) is 6.92 Å². The fourth-order valence-electron chi connectivity index (χ4n) is 0.442. The Morgan fingerprint density at radius 2 is 2.67 bits per heavy atom. The van der Waals surface area contributed by atoms with Crippen LogP contribution in [0.5, 0.6) is 0 Å². The van der Waals surface area contributed by atoms with Crippen LogP contribution in [0.4, 0.5) is 0 Å². The van der Waals surface area contributed by atoms with Crippen LogP contribution in [0.25, 0.3) is 0 Å². The van der Waals surface area contributed by atoms with Crippen LogP contribution in [-0.4, -0.2) is 6.61 Å². The molecule has 0 spiro atoms. The molecule has 6 heavy (non-hydrogen) atoms. The summed E-state index contributed by atoms with van der Waals surface area (Å²) in [6, 6.07) is 0. The van der Waals surface area contributed by atoms with Gasteiger partial charge in [-0.25, -0.2) is 0 Å². The van der Waals surface area contributed by atoms with Gasteiger partial charge in [-0.3, -0.25) is 0 Å². The van der Waals surface area contributed by atoms with Crippen molar-refractivity contribution in [2.24, 2.45) is 0 Å². The van der Waals surface area contributed by atoms with Gasteiger partial charge >= 0.3 is 0 Å². The van der Waals surface area contributed by atoms with Crippen LogP contribution in [-0.2, 0) is 4.74 Å². The molecule has 1 heteroatoms. The maximum Gasteiger partial charge on any atom is 0.116 e. The van der Waals surface area contributed by atoms with Gasteiger partial charge < -0.3 is 4.74 Å². The van der Waals surface area contributed by atoms with E-state index in [0.29, 0.717) is 0 Å². The van der Waals surface area contributed by atoms with Crippen LogP contribution < -0.4 is 0 Å². The highest BCUT2D eigenvalue weighted by Crippen LogP contribution is 2.07. The molecular weight excluding hydrogens is 76.1 g/mol. The summed E-state index contributed by atoms with van der Waals surface area (Å²) in [6.45, 7) is 2.72. The lowest BCUT2D eigenvalue weighted by Gasteiger charge is -1.92. The summed E-state index contributed by atoms with van der Waals surface area (Å²) in [5, 5.41) is 0. The summed E-state index contributed by atoms with van der Waals surface area (Å²) in [7, 11) is 0. The summed E-state index contributed by atoms with van der Waals surface area (Å²) >= 11 is 0. The van der Waals surface area contributed by atoms with Gasteiger partial charge in [0.15, 0.2) is 0 Å². The topological polar surface area (TPSA) is 9.23 Å². The monoisotopic (exact) mass is 83.0 g/mol. The van der Waals surface area contributed by atoms with E-state index in [-0.39, 0.29) is 0 Å². The molecule has 1 aliphatic heterocycles. The fourth-order valence-corrected chi connectivity index (χ4v) is 0.442. The number of hydrogen-bond donors (Lipinski definition) is 0. The maximum absolute atomic E-state index is 4.96. The molecule has 0 unspecified atom stereocenters. The molecule has 0 saturated heterocycles. The molecule has 0 N–H and O–H groups in total. The first-order chi connectivity index (χ1) is 2.89. The van der Waals surface area contributed by atoms with Crippen LogP contribution in [0.15, 0.2) is 12.2 Å². The molecule has 0 bridgehead atoms. The largest absolute Gasteiger partial charge is 0.364 e. The Balaban J connectivity index is 2.38. The normalized spacial score (nSPS) is 22.8. The summed E-state index contributed by atoms with van der Waals surface area (Å²) in [6.07, 6.45) is 4.99. The highest BCUT2D eigenvalue weighted by atomic mass is 16.5.